The highest BCUT2D eigenvalue weighted by Gasteiger charge is 2.31. The van der Waals surface area contributed by atoms with Crippen LogP contribution in [0.4, 0.5) is 8.78 Å². The monoisotopic (exact) mass is 429 g/mol. The number of ether oxygens (including phenoxy) is 2. The molecule has 0 fully saturated rings. The molecule has 1 atom stereocenters. The highest BCUT2D eigenvalue weighted by molar-refractivity contribution is 6.30. The normalized spacial score (nSPS) is 16.2. The molecule has 1 heterocycles. The predicted molar refractivity (Wildman–Crippen MR) is 113 cm³/mol. The molecular formula is C24H22ClF2NO2. The third-order valence-corrected chi connectivity index (χ3v) is 5.76. The molecule has 30 heavy (non-hydrogen) atoms. The first-order valence-corrected chi connectivity index (χ1v) is 10.1. The molecule has 0 aromatic heterocycles. The number of halogens is 3. The molecule has 0 unspecified atom stereocenters. The van der Waals surface area contributed by atoms with Crippen molar-refractivity contribution in [2.45, 2.75) is 19.0 Å². The second kappa shape index (κ2) is 8.62. The summed E-state index contributed by atoms with van der Waals surface area (Å²) in [6.45, 7) is 1.05. The van der Waals surface area contributed by atoms with Gasteiger partial charge in [0, 0.05) is 29.7 Å². The number of rotatable bonds is 5. The number of hydrogen-bond acceptors (Lipinski definition) is 3. The van der Waals surface area contributed by atoms with E-state index in [1.54, 1.807) is 14.2 Å². The van der Waals surface area contributed by atoms with Gasteiger partial charge in [-0.25, -0.2) is 8.78 Å². The molecule has 0 amide bonds. The first-order chi connectivity index (χ1) is 14.5. The van der Waals surface area contributed by atoms with Crippen molar-refractivity contribution in [3.63, 3.8) is 0 Å². The number of benzene rings is 3. The zero-order valence-electron chi connectivity index (χ0n) is 16.8. The molecule has 0 saturated heterocycles. The largest absolute Gasteiger partial charge is 0.493 e. The Labute approximate surface area is 179 Å². The van der Waals surface area contributed by atoms with Crippen LogP contribution in [0.25, 0.3) is 0 Å². The third kappa shape index (κ3) is 4.00. The number of fused-ring (bicyclic) bond motifs is 1. The van der Waals surface area contributed by atoms with Crippen LogP contribution >= 0.6 is 11.6 Å². The second-order valence-electron chi connectivity index (χ2n) is 7.32. The highest BCUT2D eigenvalue weighted by atomic mass is 35.5. The molecule has 3 aromatic rings. The molecule has 0 radical (unpaired) electrons. The van der Waals surface area contributed by atoms with Gasteiger partial charge in [0.15, 0.2) is 11.5 Å². The van der Waals surface area contributed by atoms with E-state index in [1.165, 1.54) is 12.1 Å². The maximum absolute atomic E-state index is 14.4. The summed E-state index contributed by atoms with van der Waals surface area (Å²) in [6, 6.07) is 15.2. The van der Waals surface area contributed by atoms with Crippen LogP contribution in [-0.2, 0) is 13.0 Å². The fraction of sp³-hybridized carbons (Fsp3) is 0.250. The summed E-state index contributed by atoms with van der Waals surface area (Å²) in [4.78, 5) is 2.18. The zero-order chi connectivity index (χ0) is 21.3. The molecule has 0 saturated carbocycles. The van der Waals surface area contributed by atoms with Crippen LogP contribution in [0.3, 0.4) is 0 Å². The molecule has 0 bridgehead atoms. The summed E-state index contributed by atoms with van der Waals surface area (Å²) in [7, 11) is 3.22. The van der Waals surface area contributed by atoms with Crippen LogP contribution in [-0.4, -0.2) is 25.7 Å². The van der Waals surface area contributed by atoms with Gasteiger partial charge >= 0.3 is 0 Å². The molecule has 3 aromatic carbocycles. The smallest absolute Gasteiger partial charge is 0.161 e. The number of hydrogen-bond donors (Lipinski definition) is 0. The van der Waals surface area contributed by atoms with E-state index in [9.17, 15) is 8.78 Å². The fourth-order valence-corrected chi connectivity index (χ4v) is 4.30. The van der Waals surface area contributed by atoms with E-state index in [1.807, 2.05) is 36.4 Å². The molecule has 4 rings (SSSR count). The van der Waals surface area contributed by atoms with Crippen molar-refractivity contribution in [3.05, 3.63) is 93.5 Å². The summed E-state index contributed by atoms with van der Waals surface area (Å²) in [6.07, 6.45) is 0.773. The molecule has 3 nitrogen and oxygen atoms in total. The van der Waals surface area contributed by atoms with Crippen LogP contribution in [0.5, 0.6) is 11.5 Å². The van der Waals surface area contributed by atoms with Crippen molar-refractivity contribution in [1.82, 2.24) is 4.90 Å². The van der Waals surface area contributed by atoms with E-state index in [-0.39, 0.29) is 6.04 Å². The molecule has 0 spiro atoms. The first-order valence-electron chi connectivity index (χ1n) is 9.68. The lowest BCUT2D eigenvalue weighted by Crippen LogP contribution is -2.36. The van der Waals surface area contributed by atoms with Crippen molar-refractivity contribution >= 4 is 11.6 Å². The van der Waals surface area contributed by atoms with Gasteiger partial charge in [0.2, 0.25) is 0 Å². The van der Waals surface area contributed by atoms with Crippen molar-refractivity contribution in [3.8, 4) is 11.5 Å². The van der Waals surface area contributed by atoms with Gasteiger partial charge in [-0.2, -0.15) is 0 Å². The van der Waals surface area contributed by atoms with E-state index >= 15 is 0 Å². The van der Waals surface area contributed by atoms with Gasteiger partial charge in [0.1, 0.15) is 11.6 Å². The van der Waals surface area contributed by atoms with Gasteiger partial charge in [-0.05, 0) is 53.4 Å². The average Bonchev–Trinajstić information content (AvgIpc) is 2.74. The Hall–Kier alpha value is -2.63. The van der Waals surface area contributed by atoms with E-state index in [0.717, 1.165) is 29.2 Å². The van der Waals surface area contributed by atoms with Gasteiger partial charge in [-0.1, -0.05) is 29.8 Å². The Morgan fingerprint density at radius 2 is 1.77 bits per heavy atom. The molecule has 0 N–H and O–H groups in total. The Morgan fingerprint density at radius 3 is 2.47 bits per heavy atom. The summed E-state index contributed by atoms with van der Waals surface area (Å²) in [5.41, 5.74) is 3.66. The van der Waals surface area contributed by atoms with Crippen molar-refractivity contribution < 1.29 is 18.3 Å². The van der Waals surface area contributed by atoms with Gasteiger partial charge in [0.05, 0.1) is 20.3 Å². The van der Waals surface area contributed by atoms with Crippen LogP contribution < -0.4 is 9.47 Å². The SMILES string of the molecule is COc1cc2c(cc1OC)[C@H](c1cccc(Cl)c1)N(Cc1ccc(F)cc1F)CC2. The maximum atomic E-state index is 14.4. The van der Waals surface area contributed by atoms with Gasteiger partial charge in [-0.3, -0.25) is 4.90 Å². The Kier molecular flexibility index (Phi) is 5.93. The standard InChI is InChI=1S/C24H22ClF2NO2/c1-29-22-11-15-8-9-28(14-17-6-7-19(26)12-21(17)27)24(20(15)13-23(22)30-2)16-4-3-5-18(25)10-16/h3-7,10-13,24H,8-9,14H2,1-2H3/t24-/m0/s1. The van der Waals surface area contributed by atoms with Gasteiger partial charge in [0.25, 0.3) is 0 Å². The first kappa shape index (κ1) is 20.6. The topological polar surface area (TPSA) is 21.7 Å². The van der Waals surface area contributed by atoms with Crippen molar-refractivity contribution in [1.29, 1.82) is 0 Å². The average molecular weight is 430 g/mol. The Morgan fingerprint density at radius 1 is 1.00 bits per heavy atom. The van der Waals surface area contributed by atoms with Crippen LogP contribution in [0, 0.1) is 11.6 Å². The highest BCUT2D eigenvalue weighted by Crippen LogP contribution is 2.42. The minimum Gasteiger partial charge on any atom is -0.493 e. The minimum absolute atomic E-state index is 0.156. The minimum atomic E-state index is -0.580. The third-order valence-electron chi connectivity index (χ3n) is 5.53. The summed E-state index contributed by atoms with van der Waals surface area (Å²) in [5, 5.41) is 0.632. The molecule has 0 aliphatic carbocycles. The molecule has 6 heteroatoms. The second-order valence-corrected chi connectivity index (χ2v) is 7.76. The molecule has 156 valence electrons. The summed E-state index contributed by atoms with van der Waals surface area (Å²) in [5.74, 6) is 0.193. The van der Waals surface area contributed by atoms with Crippen LogP contribution in [0.1, 0.15) is 28.3 Å². The summed E-state index contributed by atoms with van der Waals surface area (Å²) < 4.78 is 38.7. The lowest BCUT2D eigenvalue weighted by atomic mass is 9.87. The van der Waals surface area contributed by atoms with E-state index in [2.05, 4.69) is 4.90 Å². The van der Waals surface area contributed by atoms with Crippen LogP contribution in [0.2, 0.25) is 5.02 Å². The maximum Gasteiger partial charge on any atom is 0.161 e. The predicted octanol–water partition coefficient (Wildman–Crippen LogP) is 5.78. The van der Waals surface area contributed by atoms with Crippen molar-refractivity contribution in [2.75, 3.05) is 20.8 Å². The van der Waals surface area contributed by atoms with Crippen LogP contribution in [0.15, 0.2) is 54.6 Å². The molecule has 1 aliphatic heterocycles. The van der Waals surface area contributed by atoms with E-state index in [0.29, 0.717) is 35.2 Å². The molecular weight excluding hydrogens is 408 g/mol. The lowest BCUT2D eigenvalue weighted by molar-refractivity contribution is 0.201. The van der Waals surface area contributed by atoms with E-state index < -0.39 is 11.6 Å². The lowest BCUT2D eigenvalue weighted by Gasteiger charge is -2.38. The van der Waals surface area contributed by atoms with Gasteiger partial charge < -0.3 is 9.47 Å². The molecule has 1 aliphatic rings. The van der Waals surface area contributed by atoms with Gasteiger partial charge in [-0.15, -0.1) is 0 Å². The zero-order valence-corrected chi connectivity index (χ0v) is 17.5. The van der Waals surface area contributed by atoms with E-state index in [4.69, 9.17) is 21.1 Å². The summed E-state index contributed by atoms with van der Waals surface area (Å²) >= 11 is 6.28. The number of methoxy groups -OCH3 is 2. The Balaban J connectivity index is 1.81. The number of nitrogens with zero attached hydrogens (tertiary/aromatic N) is 1. The fourth-order valence-electron chi connectivity index (χ4n) is 4.10. The Bertz CT molecular complexity index is 1070. The van der Waals surface area contributed by atoms with Crippen molar-refractivity contribution in [2.24, 2.45) is 0 Å². The quantitative estimate of drug-likeness (QED) is 0.513.